The largest absolute Gasteiger partial charge is 0.325 e. The Bertz CT molecular complexity index is 732. The molecular weight excluding hydrogens is 336 g/mol. The molecule has 1 unspecified atom stereocenters. The summed E-state index contributed by atoms with van der Waals surface area (Å²) >= 11 is 1.34. The van der Waals surface area contributed by atoms with Crippen molar-refractivity contribution in [3.05, 3.63) is 46.7 Å². The molecule has 5 nitrogen and oxygen atoms in total. The van der Waals surface area contributed by atoms with E-state index in [1.54, 1.807) is 36.4 Å². The smallest absolute Gasteiger partial charge is 0.265 e. The van der Waals surface area contributed by atoms with Gasteiger partial charge in [0.1, 0.15) is 0 Å². The summed E-state index contributed by atoms with van der Waals surface area (Å²) in [7, 11) is 0. The van der Waals surface area contributed by atoms with E-state index in [9.17, 15) is 18.4 Å². The molecule has 3 rings (SSSR count). The highest BCUT2D eigenvalue weighted by Crippen LogP contribution is 2.26. The van der Waals surface area contributed by atoms with Crippen molar-refractivity contribution in [1.29, 1.82) is 0 Å². The van der Waals surface area contributed by atoms with Gasteiger partial charge in [0.2, 0.25) is 5.91 Å². The number of hydrogen-bond donors (Lipinski definition) is 3. The maximum Gasteiger partial charge on any atom is 0.265 e. The van der Waals surface area contributed by atoms with Gasteiger partial charge < -0.3 is 10.6 Å². The van der Waals surface area contributed by atoms with Crippen LogP contribution in [0.3, 0.4) is 0 Å². The van der Waals surface area contributed by atoms with E-state index >= 15 is 0 Å². The van der Waals surface area contributed by atoms with Crippen molar-refractivity contribution in [2.75, 3.05) is 17.2 Å². The van der Waals surface area contributed by atoms with Crippen LogP contribution in [0.4, 0.5) is 20.2 Å². The van der Waals surface area contributed by atoms with Crippen LogP contribution in [0.5, 0.6) is 0 Å². The molecule has 3 N–H and O–H groups in total. The molecule has 0 bridgehead atoms. The van der Waals surface area contributed by atoms with Crippen LogP contribution in [0.25, 0.3) is 0 Å². The number of halogens is 2. The Hall–Kier alpha value is -2.32. The van der Waals surface area contributed by atoms with Crippen molar-refractivity contribution in [3.63, 3.8) is 0 Å². The molecule has 1 aliphatic heterocycles. The van der Waals surface area contributed by atoms with E-state index in [-0.39, 0.29) is 5.91 Å². The summed E-state index contributed by atoms with van der Waals surface area (Å²) in [6.07, 6.45) is -0.506. The van der Waals surface area contributed by atoms with Gasteiger partial charge in [-0.2, -0.15) is 0 Å². The predicted octanol–water partition coefficient (Wildman–Crippen LogP) is 2.94. The third-order valence-electron chi connectivity index (χ3n) is 3.58. The van der Waals surface area contributed by atoms with Crippen LogP contribution in [-0.2, 0) is 4.79 Å². The summed E-state index contributed by atoms with van der Waals surface area (Å²) in [4.78, 5) is 24.5. The number of rotatable bonds is 4. The molecule has 0 spiro atoms. The normalized spacial score (nSPS) is 19.0. The second-order valence-electron chi connectivity index (χ2n) is 5.49. The first-order valence-corrected chi connectivity index (χ1v) is 8.18. The zero-order valence-corrected chi connectivity index (χ0v) is 13.3. The summed E-state index contributed by atoms with van der Waals surface area (Å²) in [6.45, 7) is -0.487. The zero-order valence-electron chi connectivity index (χ0n) is 12.5. The van der Waals surface area contributed by atoms with E-state index in [4.69, 9.17) is 0 Å². The van der Waals surface area contributed by atoms with Gasteiger partial charge in [-0.25, -0.2) is 8.78 Å². The average molecular weight is 351 g/mol. The van der Waals surface area contributed by atoms with Gasteiger partial charge in [0, 0.05) is 17.8 Å². The number of carbonyl (C=O) groups is 2. The standard InChI is InChI=1S/C16H15F2N3O2S/c17-16(18)8-12(19-9-16)14(22)20-10-3-5-11(6-4-10)21-15(23)13-2-1-7-24-13/h1-7,12,19H,8-9H2,(H,20,22)(H,21,23). The highest BCUT2D eigenvalue weighted by Gasteiger charge is 2.42. The first-order chi connectivity index (χ1) is 11.4. The van der Waals surface area contributed by atoms with Gasteiger partial charge in [-0.15, -0.1) is 11.3 Å². The van der Waals surface area contributed by atoms with Gasteiger partial charge in [0.15, 0.2) is 0 Å². The number of alkyl halides is 2. The molecule has 0 radical (unpaired) electrons. The minimum Gasteiger partial charge on any atom is -0.325 e. The van der Waals surface area contributed by atoms with Crippen molar-refractivity contribution < 1.29 is 18.4 Å². The van der Waals surface area contributed by atoms with Crippen LogP contribution < -0.4 is 16.0 Å². The molecule has 2 amide bonds. The maximum atomic E-state index is 13.1. The fraction of sp³-hybridized carbons (Fsp3) is 0.250. The summed E-state index contributed by atoms with van der Waals surface area (Å²) in [6, 6.07) is 9.09. The minimum absolute atomic E-state index is 0.209. The van der Waals surface area contributed by atoms with Crippen LogP contribution in [0, 0.1) is 0 Å². The Morgan fingerprint density at radius 3 is 2.33 bits per heavy atom. The van der Waals surface area contributed by atoms with E-state index in [2.05, 4.69) is 16.0 Å². The quantitative estimate of drug-likeness (QED) is 0.793. The fourth-order valence-electron chi connectivity index (χ4n) is 2.37. The van der Waals surface area contributed by atoms with Crippen molar-refractivity contribution >= 4 is 34.5 Å². The van der Waals surface area contributed by atoms with Crippen molar-refractivity contribution in [3.8, 4) is 0 Å². The first-order valence-electron chi connectivity index (χ1n) is 7.30. The molecule has 1 aromatic carbocycles. The molecule has 126 valence electrons. The molecule has 1 saturated heterocycles. The number of nitrogens with one attached hydrogen (secondary N) is 3. The molecule has 1 fully saturated rings. The van der Waals surface area contributed by atoms with E-state index in [1.807, 2.05) is 5.38 Å². The van der Waals surface area contributed by atoms with Crippen LogP contribution in [0.15, 0.2) is 41.8 Å². The first kappa shape index (κ1) is 16.5. The van der Waals surface area contributed by atoms with E-state index in [1.165, 1.54) is 11.3 Å². The Morgan fingerprint density at radius 2 is 1.79 bits per heavy atom. The Balaban J connectivity index is 1.57. The Morgan fingerprint density at radius 1 is 1.12 bits per heavy atom. The monoisotopic (exact) mass is 351 g/mol. The van der Waals surface area contributed by atoms with Crippen LogP contribution in [-0.4, -0.2) is 30.3 Å². The van der Waals surface area contributed by atoms with E-state index < -0.39 is 30.8 Å². The van der Waals surface area contributed by atoms with E-state index in [0.29, 0.717) is 16.3 Å². The summed E-state index contributed by atoms with van der Waals surface area (Å²) < 4.78 is 26.2. The summed E-state index contributed by atoms with van der Waals surface area (Å²) in [5.41, 5.74) is 1.06. The number of thiophene rings is 1. The second kappa shape index (κ2) is 6.66. The molecular formula is C16H15F2N3O2S. The third kappa shape index (κ3) is 3.95. The van der Waals surface area contributed by atoms with Crippen LogP contribution in [0.2, 0.25) is 0 Å². The lowest BCUT2D eigenvalue weighted by atomic mass is 10.2. The van der Waals surface area contributed by atoms with Crippen LogP contribution >= 0.6 is 11.3 Å². The van der Waals surface area contributed by atoms with Gasteiger partial charge >= 0.3 is 0 Å². The predicted molar refractivity (Wildman–Crippen MR) is 88.7 cm³/mol. The van der Waals surface area contributed by atoms with Gasteiger partial charge in [-0.1, -0.05) is 6.07 Å². The number of carbonyl (C=O) groups excluding carboxylic acids is 2. The summed E-state index contributed by atoms with van der Waals surface area (Å²) in [5.74, 6) is -3.56. The molecule has 1 atom stereocenters. The molecule has 2 heterocycles. The SMILES string of the molecule is O=C(Nc1ccc(NC(=O)C2CC(F)(F)CN2)cc1)c1cccs1. The molecule has 2 aromatic rings. The number of hydrogen-bond acceptors (Lipinski definition) is 4. The lowest BCUT2D eigenvalue weighted by molar-refractivity contribution is -0.118. The van der Waals surface area contributed by atoms with Gasteiger partial charge in [-0.3, -0.25) is 14.9 Å². The lowest BCUT2D eigenvalue weighted by Crippen LogP contribution is -2.35. The average Bonchev–Trinajstić information content (AvgIpc) is 3.18. The summed E-state index contributed by atoms with van der Waals surface area (Å²) in [5, 5.41) is 9.64. The Kier molecular flexibility index (Phi) is 4.59. The van der Waals surface area contributed by atoms with Crippen molar-refractivity contribution in [2.45, 2.75) is 18.4 Å². The van der Waals surface area contributed by atoms with Crippen LogP contribution in [0.1, 0.15) is 16.1 Å². The minimum atomic E-state index is -2.85. The Labute approximate surface area is 141 Å². The molecule has 0 saturated carbocycles. The highest BCUT2D eigenvalue weighted by molar-refractivity contribution is 7.12. The number of benzene rings is 1. The third-order valence-corrected chi connectivity index (χ3v) is 4.45. The molecule has 1 aliphatic rings. The number of amides is 2. The molecule has 0 aliphatic carbocycles. The molecule has 1 aromatic heterocycles. The van der Waals surface area contributed by atoms with Gasteiger partial charge in [0.05, 0.1) is 17.5 Å². The van der Waals surface area contributed by atoms with E-state index in [0.717, 1.165) is 0 Å². The van der Waals surface area contributed by atoms with Crippen molar-refractivity contribution in [2.24, 2.45) is 0 Å². The second-order valence-corrected chi connectivity index (χ2v) is 6.44. The fourth-order valence-corrected chi connectivity index (χ4v) is 2.99. The van der Waals surface area contributed by atoms with Gasteiger partial charge in [0.25, 0.3) is 11.8 Å². The maximum absolute atomic E-state index is 13.1. The number of anilines is 2. The van der Waals surface area contributed by atoms with Crippen molar-refractivity contribution in [1.82, 2.24) is 5.32 Å². The molecule has 24 heavy (non-hydrogen) atoms. The zero-order chi connectivity index (χ0) is 17.2. The highest BCUT2D eigenvalue weighted by atomic mass is 32.1. The molecule has 8 heteroatoms. The topological polar surface area (TPSA) is 70.2 Å². The van der Waals surface area contributed by atoms with Gasteiger partial charge in [-0.05, 0) is 35.7 Å². The lowest BCUT2D eigenvalue weighted by Gasteiger charge is -2.12.